The Balaban J connectivity index is 2.41. The van der Waals surface area contributed by atoms with E-state index in [0.717, 1.165) is 5.56 Å². The van der Waals surface area contributed by atoms with Crippen LogP contribution in [0.5, 0.6) is 0 Å². The number of nitrogens with two attached hydrogens (primary N) is 2. The van der Waals surface area contributed by atoms with Crippen molar-refractivity contribution in [3.05, 3.63) is 35.9 Å². The highest BCUT2D eigenvalue weighted by Crippen LogP contribution is 2.04. The van der Waals surface area contributed by atoms with Gasteiger partial charge in [-0.15, -0.1) is 0 Å². The fourth-order valence-electron chi connectivity index (χ4n) is 1.14. The van der Waals surface area contributed by atoms with Crippen molar-refractivity contribution in [3.63, 3.8) is 0 Å². The second-order valence-electron chi connectivity index (χ2n) is 3.43. The Morgan fingerprint density at radius 1 is 1.40 bits per heavy atom. The molecule has 82 valence electrons. The van der Waals surface area contributed by atoms with E-state index >= 15 is 0 Å². The van der Waals surface area contributed by atoms with Crippen LogP contribution in [0.25, 0.3) is 0 Å². The van der Waals surface area contributed by atoms with E-state index in [1.165, 1.54) is 0 Å². The van der Waals surface area contributed by atoms with Crippen molar-refractivity contribution in [2.45, 2.75) is 25.7 Å². The Labute approximate surface area is 89.2 Å². The molecular weight excluding hydrogens is 192 g/mol. The Hall–Kier alpha value is -1.39. The molecule has 0 heterocycles. The van der Waals surface area contributed by atoms with Crippen molar-refractivity contribution < 1.29 is 9.53 Å². The van der Waals surface area contributed by atoms with Crippen LogP contribution in [0.1, 0.15) is 12.5 Å². The smallest absolute Gasteiger partial charge is 0.237 e. The van der Waals surface area contributed by atoms with Crippen LogP contribution in [-0.2, 0) is 16.1 Å². The molecule has 1 aromatic carbocycles. The molecule has 0 aliphatic heterocycles. The average Bonchev–Trinajstić information content (AvgIpc) is 2.26. The molecular formula is C11H16N2O2. The normalized spacial score (nSPS) is 14.5. The van der Waals surface area contributed by atoms with E-state index in [1.54, 1.807) is 6.92 Å². The van der Waals surface area contributed by atoms with Crippen LogP contribution in [0.2, 0.25) is 0 Å². The van der Waals surface area contributed by atoms with E-state index in [9.17, 15) is 4.79 Å². The largest absolute Gasteiger partial charge is 0.372 e. The highest BCUT2D eigenvalue weighted by Gasteiger charge is 2.18. The molecule has 0 aliphatic carbocycles. The number of rotatable bonds is 5. The molecule has 0 radical (unpaired) electrons. The molecule has 0 saturated heterocycles. The summed E-state index contributed by atoms with van der Waals surface area (Å²) < 4.78 is 5.43. The second-order valence-corrected chi connectivity index (χ2v) is 3.43. The summed E-state index contributed by atoms with van der Waals surface area (Å²) >= 11 is 0. The average molecular weight is 208 g/mol. The standard InChI is InChI=1S/C11H16N2O2/c1-8(10(12)11(13)14)15-7-9-5-3-2-4-6-9/h2-6,8,10H,7,12H2,1H3,(H2,13,14). The number of carbonyl (C=O) groups excluding carboxylic acids is 1. The molecule has 0 aliphatic rings. The van der Waals surface area contributed by atoms with Crippen molar-refractivity contribution in [2.24, 2.45) is 11.5 Å². The summed E-state index contributed by atoms with van der Waals surface area (Å²) in [6.07, 6.45) is -0.372. The maximum Gasteiger partial charge on any atom is 0.237 e. The fourth-order valence-corrected chi connectivity index (χ4v) is 1.14. The van der Waals surface area contributed by atoms with Crippen molar-refractivity contribution in [1.29, 1.82) is 0 Å². The Morgan fingerprint density at radius 3 is 2.53 bits per heavy atom. The summed E-state index contributed by atoms with van der Waals surface area (Å²) in [6, 6.07) is 8.93. The van der Waals surface area contributed by atoms with Gasteiger partial charge < -0.3 is 16.2 Å². The predicted molar refractivity (Wildman–Crippen MR) is 57.9 cm³/mol. The highest BCUT2D eigenvalue weighted by molar-refractivity contribution is 5.80. The van der Waals surface area contributed by atoms with Gasteiger partial charge in [0.05, 0.1) is 12.7 Å². The van der Waals surface area contributed by atoms with E-state index in [4.69, 9.17) is 16.2 Å². The monoisotopic (exact) mass is 208 g/mol. The molecule has 1 amide bonds. The lowest BCUT2D eigenvalue weighted by Crippen LogP contribution is -2.45. The summed E-state index contributed by atoms with van der Waals surface area (Å²) in [4.78, 5) is 10.8. The number of hydrogen-bond donors (Lipinski definition) is 2. The van der Waals surface area contributed by atoms with Gasteiger partial charge in [0.2, 0.25) is 5.91 Å². The molecule has 0 bridgehead atoms. The van der Waals surface area contributed by atoms with Gasteiger partial charge in [0, 0.05) is 0 Å². The lowest BCUT2D eigenvalue weighted by molar-refractivity contribution is -0.122. The van der Waals surface area contributed by atoms with E-state index in [1.807, 2.05) is 30.3 Å². The topological polar surface area (TPSA) is 78.3 Å². The first kappa shape index (κ1) is 11.7. The molecule has 2 atom stereocenters. The molecule has 0 saturated carbocycles. The van der Waals surface area contributed by atoms with Crippen molar-refractivity contribution in [2.75, 3.05) is 0 Å². The van der Waals surface area contributed by atoms with Gasteiger partial charge in [-0.1, -0.05) is 30.3 Å². The van der Waals surface area contributed by atoms with E-state index in [2.05, 4.69) is 0 Å². The summed E-state index contributed by atoms with van der Waals surface area (Å²) in [5, 5.41) is 0. The summed E-state index contributed by atoms with van der Waals surface area (Å²) in [6.45, 7) is 2.17. The van der Waals surface area contributed by atoms with Gasteiger partial charge in [-0.3, -0.25) is 4.79 Å². The number of hydrogen-bond acceptors (Lipinski definition) is 3. The molecule has 2 unspecified atom stereocenters. The Bertz CT molecular complexity index is 314. The Morgan fingerprint density at radius 2 is 2.00 bits per heavy atom. The van der Waals surface area contributed by atoms with E-state index in [0.29, 0.717) is 6.61 Å². The number of carbonyl (C=O) groups is 1. The van der Waals surface area contributed by atoms with Crippen LogP contribution < -0.4 is 11.5 Å². The van der Waals surface area contributed by atoms with Gasteiger partial charge in [-0.25, -0.2) is 0 Å². The first-order valence-corrected chi connectivity index (χ1v) is 4.81. The summed E-state index contributed by atoms with van der Waals surface area (Å²) in [5.74, 6) is -0.546. The number of benzene rings is 1. The van der Waals surface area contributed by atoms with E-state index in [-0.39, 0.29) is 6.10 Å². The van der Waals surface area contributed by atoms with Crippen molar-refractivity contribution in [3.8, 4) is 0 Å². The van der Waals surface area contributed by atoms with Gasteiger partial charge in [0.15, 0.2) is 0 Å². The van der Waals surface area contributed by atoms with Gasteiger partial charge in [-0.2, -0.15) is 0 Å². The van der Waals surface area contributed by atoms with Gasteiger partial charge in [-0.05, 0) is 12.5 Å². The maximum absolute atomic E-state index is 10.8. The summed E-state index contributed by atoms with van der Waals surface area (Å²) in [7, 11) is 0. The molecule has 4 N–H and O–H groups in total. The minimum Gasteiger partial charge on any atom is -0.372 e. The first-order chi connectivity index (χ1) is 7.11. The van der Waals surface area contributed by atoms with Crippen molar-refractivity contribution >= 4 is 5.91 Å². The zero-order chi connectivity index (χ0) is 11.3. The van der Waals surface area contributed by atoms with E-state index < -0.39 is 11.9 Å². The highest BCUT2D eigenvalue weighted by atomic mass is 16.5. The predicted octanol–water partition coefficient (Wildman–Crippen LogP) is 0.404. The Kier molecular flexibility index (Phi) is 4.27. The third-order valence-corrected chi connectivity index (χ3v) is 2.19. The molecule has 4 nitrogen and oxygen atoms in total. The van der Waals surface area contributed by atoms with Crippen LogP contribution in [0, 0.1) is 0 Å². The third kappa shape index (κ3) is 3.69. The maximum atomic E-state index is 10.8. The third-order valence-electron chi connectivity index (χ3n) is 2.19. The summed E-state index contributed by atoms with van der Waals surface area (Å²) in [5.41, 5.74) is 11.6. The molecule has 0 fully saturated rings. The van der Waals surface area contributed by atoms with Crippen LogP contribution in [0.15, 0.2) is 30.3 Å². The number of ether oxygens (including phenoxy) is 1. The van der Waals surface area contributed by atoms with Gasteiger partial charge in [0.1, 0.15) is 6.04 Å². The zero-order valence-corrected chi connectivity index (χ0v) is 8.72. The van der Waals surface area contributed by atoms with Crippen LogP contribution in [-0.4, -0.2) is 18.1 Å². The molecule has 0 aromatic heterocycles. The van der Waals surface area contributed by atoms with Crippen LogP contribution in [0.4, 0.5) is 0 Å². The molecule has 1 aromatic rings. The SMILES string of the molecule is CC(OCc1ccccc1)C(N)C(N)=O. The van der Waals surface area contributed by atoms with Crippen LogP contribution in [0.3, 0.4) is 0 Å². The molecule has 1 rings (SSSR count). The minimum atomic E-state index is -0.756. The fraction of sp³-hybridized carbons (Fsp3) is 0.364. The number of amides is 1. The van der Waals surface area contributed by atoms with Crippen LogP contribution >= 0.6 is 0 Å². The van der Waals surface area contributed by atoms with Crippen molar-refractivity contribution in [1.82, 2.24) is 0 Å². The lowest BCUT2D eigenvalue weighted by atomic mass is 10.2. The second kappa shape index (κ2) is 5.48. The first-order valence-electron chi connectivity index (χ1n) is 4.81. The van der Waals surface area contributed by atoms with Gasteiger partial charge >= 0.3 is 0 Å². The quantitative estimate of drug-likeness (QED) is 0.735. The zero-order valence-electron chi connectivity index (χ0n) is 8.72. The molecule has 15 heavy (non-hydrogen) atoms. The molecule has 4 heteroatoms. The lowest BCUT2D eigenvalue weighted by Gasteiger charge is -2.17. The number of primary amides is 1. The minimum absolute atomic E-state index is 0.372. The molecule has 0 spiro atoms. The van der Waals surface area contributed by atoms with Gasteiger partial charge in [0.25, 0.3) is 0 Å².